The second-order valence-electron chi connectivity index (χ2n) is 5.59. The Labute approximate surface area is 155 Å². The average Bonchev–Trinajstić information content (AvgIpc) is 2.52. The Kier molecular flexibility index (Phi) is 8.18. The lowest BCUT2D eigenvalue weighted by Gasteiger charge is -2.18. The number of amides is 1. The van der Waals surface area contributed by atoms with Crippen LogP contribution in [0.15, 0.2) is 42.5 Å². The summed E-state index contributed by atoms with van der Waals surface area (Å²) in [5.74, 6) is -5.20. The normalized spacial score (nSPS) is 11.3. The molecule has 0 aliphatic heterocycles. The van der Waals surface area contributed by atoms with Gasteiger partial charge in [-0.05, 0) is 23.6 Å². The summed E-state index contributed by atoms with van der Waals surface area (Å²) in [7, 11) is 0. The molecule has 2 aromatic carbocycles. The third kappa shape index (κ3) is 6.44. The molecule has 0 spiro atoms. The van der Waals surface area contributed by atoms with Gasteiger partial charge in [-0.15, -0.1) is 0 Å². The van der Waals surface area contributed by atoms with Crippen LogP contribution in [0.2, 0.25) is 0 Å². The fourth-order valence-corrected chi connectivity index (χ4v) is 2.43. The molecule has 2 rings (SSSR count). The summed E-state index contributed by atoms with van der Waals surface area (Å²) < 4.78 is 40.0. The van der Waals surface area contributed by atoms with Crippen LogP contribution in [0.5, 0.6) is 0 Å². The van der Waals surface area contributed by atoms with E-state index in [0.717, 1.165) is 5.56 Å². The summed E-state index contributed by atoms with van der Waals surface area (Å²) in [6.07, 6.45) is -0.716. The van der Waals surface area contributed by atoms with E-state index in [2.05, 4.69) is 5.32 Å². The second kappa shape index (κ2) is 9.86. The molecule has 0 saturated heterocycles. The van der Waals surface area contributed by atoms with Crippen molar-refractivity contribution in [1.29, 1.82) is 0 Å². The monoisotopic (exact) mass is 385 g/mol. The van der Waals surface area contributed by atoms with Gasteiger partial charge in [-0.1, -0.05) is 30.3 Å². The van der Waals surface area contributed by atoms with Crippen molar-refractivity contribution in [3.63, 3.8) is 0 Å². The van der Waals surface area contributed by atoms with Gasteiger partial charge in [0.15, 0.2) is 11.6 Å². The molecule has 1 atom stereocenters. The molecule has 8 heteroatoms. The average molecular weight is 385 g/mol. The van der Waals surface area contributed by atoms with E-state index in [0.29, 0.717) is 12.1 Å². The Bertz CT molecular complexity index is 772. The first kappa shape index (κ1) is 21.6. The lowest BCUT2D eigenvalue weighted by atomic mass is 10.0. The number of carboxylic acids is 1. The minimum Gasteiger partial charge on any atom is -0.481 e. The van der Waals surface area contributed by atoms with Gasteiger partial charge in [-0.3, -0.25) is 9.59 Å². The maximum absolute atomic E-state index is 13.7. The fraction of sp³-hybridized carbons (Fsp3) is 0.222. The SMILES string of the molecule is O=C(O)C[C@H](Cc1cc(F)c(F)cc1F)NC(=O)Cc1ccccc1.S. The number of hydrogen-bond acceptors (Lipinski definition) is 2. The van der Waals surface area contributed by atoms with Gasteiger partial charge in [-0.25, -0.2) is 13.2 Å². The first-order chi connectivity index (χ1) is 11.8. The largest absolute Gasteiger partial charge is 0.481 e. The smallest absolute Gasteiger partial charge is 0.305 e. The summed E-state index contributed by atoms with van der Waals surface area (Å²) >= 11 is 0. The fourth-order valence-electron chi connectivity index (χ4n) is 2.43. The minimum absolute atomic E-state index is 0. The molecule has 0 heterocycles. The van der Waals surface area contributed by atoms with Crippen molar-refractivity contribution in [1.82, 2.24) is 5.32 Å². The van der Waals surface area contributed by atoms with E-state index >= 15 is 0 Å². The van der Waals surface area contributed by atoms with Crippen LogP contribution in [0.1, 0.15) is 17.5 Å². The third-order valence-electron chi connectivity index (χ3n) is 3.55. The highest BCUT2D eigenvalue weighted by Gasteiger charge is 2.20. The number of benzene rings is 2. The van der Waals surface area contributed by atoms with E-state index < -0.39 is 41.8 Å². The maximum Gasteiger partial charge on any atom is 0.305 e. The van der Waals surface area contributed by atoms with Gasteiger partial charge in [0.05, 0.1) is 12.8 Å². The minimum atomic E-state index is -1.33. The quantitative estimate of drug-likeness (QED) is 0.720. The number of rotatable bonds is 7. The predicted octanol–water partition coefficient (Wildman–Crippen LogP) is 2.96. The highest BCUT2D eigenvalue weighted by molar-refractivity contribution is 7.59. The highest BCUT2D eigenvalue weighted by atomic mass is 32.1. The zero-order valence-corrected chi connectivity index (χ0v) is 14.6. The number of carboxylic acid groups (broad SMARTS) is 1. The van der Waals surface area contributed by atoms with Crippen molar-refractivity contribution >= 4 is 25.4 Å². The molecule has 0 bridgehead atoms. The van der Waals surface area contributed by atoms with Crippen molar-refractivity contribution < 1.29 is 27.9 Å². The number of halogens is 3. The zero-order valence-electron chi connectivity index (χ0n) is 13.6. The van der Waals surface area contributed by atoms with Gasteiger partial charge in [0, 0.05) is 12.1 Å². The van der Waals surface area contributed by atoms with Crippen LogP contribution in [0, 0.1) is 17.5 Å². The Hall–Kier alpha value is -2.48. The molecular weight excluding hydrogens is 367 g/mol. The summed E-state index contributed by atoms with van der Waals surface area (Å²) in [6, 6.07) is 8.90. The Morgan fingerprint density at radius 3 is 2.23 bits per heavy atom. The second-order valence-corrected chi connectivity index (χ2v) is 5.59. The molecule has 2 aromatic rings. The first-order valence-corrected chi connectivity index (χ1v) is 7.53. The van der Waals surface area contributed by atoms with Crippen LogP contribution in [-0.2, 0) is 22.4 Å². The Morgan fingerprint density at radius 1 is 1.00 bits per heavy atom. The van der Waals surface area contributed by atoms with Crippen molar-refractivity contribution in [2.24, 2.45) is 0 Å². The number of nitrogens with one attached hydrogen (secondary N) is 1. The molecule has 0 unspecified atom stereocenters. The molecule has 0 aliphatic rings. The predicted molar refractivity (Wildman–Crippen MR) is 94.7 cm³/mol. The molecule has 0 aliphatic carbocycles. The first-order valence-electron chi connectivity index (χ1n) is 7.53. The van der Waals surface area contributed by atoms with E-state index in [-0.39, 0.29) is 31.9 Å². The molecule has 0 radical (unpaired) electrons. The molecule has 140 valence electrons. The van der Waals surface area contributed by atoms with Crippen molar-refractivity contribution in [3.05, 3.63) is 71.0 Å². The van der Waals surface area contributed by atoms with Gasteiger partial charge in [0.1, 0.15) is 5.82 Å². The number of aliphatic carboxylic acids is 1. The summed E-state index contributed by atoms with van der Waals surface area (Å²) in [6.45, 7) is 0. The lowest BCUT2D eigenvalue weighted by molar-refractivity contribution is -0.137. The van der Waals surface area contributed by atoms with E-state index in [1.807, 2.05) is 0 Å². The van der Waals surface area contributed by atoms with Crippen LogP contribution in [-0.4, -0.2) is 23.0 Å². The van der Waals surface area contributed by atoms with Crippen LogP contribution in [0.25, 0.3) is 0 Å². The summed E-state index contributed by atoms with van der Waals surface area (Å²) in [5.41, 5.74) is 0.526. The van der Waals surface area contributed by atoms with Gasteiger partial charge in [-0.2, -0.15) is 13.5 Å². The van der Waals surface area contributed by atoms with Crippen molar-refractivity contribution in [2.75, 3.05) is 0 Å². The van der Waals surface area contributed by atoms with Crippen LogP contribution < -0.4 is 5.32 Å². The highest BCUT2D eigenvalue weighted by Crippen LogP contribution is 2.16. The molecule has 0 fully saturated rings. The van der Waals surface area contributed by atoms with Gasteiger partial charge in [0.25, 0.3) is 0 Å². The van der Waals surface area contributed by atoms with Crippen LogP contribution >= 0.6 is 13.5 Å². The number of carbonyl (C=O) groups is 2. The van der Waals surface area contributed by atoms with E-state index in [1.54, 1.807) is 30.3 Å². The van der Waals surface area contributed by atoms with Gasteiger partial charge in [0.2, 0.25) is 5.91 Å². The summed E-state index contributed by atoms with van der Waals surface area (Å²) in [4.78, 5) is 23.0. The van der Waals surface area contributed by atoms with Gasteiger partial charge >= 0.3 is 5.97 Å². The topological polar surface area (TPSA) is 66.4 Å². The van der Waals surface area contributed by atoms with Gasteiger partial charge < -0.3 is 10.4 Å². The van der Waals surface area contributed by atoms with E-state index in [1.165, 1.54) is 0 Å². The third-order valence-corrected chi connectivity index (χ3v) is 3.55. The van der Waals surface area contributed by atoms with E-state index in [4.69, 9.17) is 5.11 Å². The lowest BCUT2D eigenvalue weighted by Crippen LogP contribution is -2.39. The Morgan fingerprint density at radius 2 is 1.62 bits per heavy atom. The molecule has 0 saturated carbocycles. The standard InChI is InChI=1S/C18H16F3NO3.H2S/c19-14-10-16(21)15(20)8-12(14)7-13(9-18(24)25)22-17(23)6-11-4-2-1-3-5-11;/h1-5,8,10,13H,6-7,9H2,(H,22,23)(H,24,25);1H2/t13-;/m0./s1. The molecular formula is C18H18F3NO3S. The number of carbonyl (C=O) groups excluding carboxylic acids is 1. The molecule has 26 heavy (non-hydrogen) atoms. The maximum atomic E-state index is 13.7. The zero-order chi connectivity index (χ0) is 18.4. The van der Waals surface area contributed by atoms with Crippen molar-refractivity contribution in [2.45, 2.75) is 25.3 Å². The van der Waals surface area contributed by atoms with Crippen LogP contribution in [0.3, 0.4) is 0 Å². The Balaban J connectivity index is 0.00000338. The molecule has 0 aromatic heterocycles. The molecule has 2 N–H and O–H groups in total. The van der Waals surface area contributed by atoms with Crippen molar-refractivity contribution in [3.8, 4) is 0 Å². The van der Waals surface area contributed by atoms with Crippen LogP contribution in [0.4, 0.5) is 13.2 Å². The summed E-state index contributed by atoms with van der Waals surface area (Å²) in [5, 5.41) is 11.5. The number of hydrogen-bond donors (Lipinski definition) is 2. The molecule has 4 nitrogen and oxygen atoms in total. The molecule has 1 amide bonds. The van der Waals surface area contributed by atoms with E-state index in [9.17, 15) is 22.8 Å².